The monoisotopic (exact) mass is 248 g/mol. The van der Waals surface area contributed by atoms with Crippen LogP contribution in [0.1, 0.15) is 24.1 Å². The Bertz CT molecular complexity index is 459. The number of hydrogen-bond acceptors (Lipinski definition) is 2. The fraction of sp³-hybridized carbons (Fsp3) is 0.500. The van der Waals surface area contributed by atoms with Crippen LogP contribution in [-0.2, 0) is 6.42 Å². The highest BCUT2D eigenvalue weighted by molar-refractivity contribution is 5.77. The average molecular weight is 248 g/mol. The van der Waals surface area contributed by atoms with E-state index in [0.29, 0.717) is 6.54 Å². The molecule has 1 fully saturated rings. The van der Waals surface area contributed by atoms with E-state index in [1.165, 1.54) is 5.56 Å². The van der Waals surface area contributed by atoms with Gasteiger partial charge in [-0.25, -0.2) is 4.79 Å². The summed E-state index contributed by atoms with van der Waals surface area (Å²) in [4.78, 5) is 15.4. The third-order valence-electron chi connectivity index (χ3n) is 3.60. The van der Waals surface area contributed by atoms with Gasteiger partial charge in [0.2, 0.25) is 0 Å². The first-order valence-corrected chi connectivity index (χ1v) is 6.23. The number of rotatable bonds is 3. The van der Waals surface area contributed by atoms with Crippen LogP contribution in [-0.4, -0.2) is 43.6 Å². The van der Waals surface area contributed by atoms with Crippen molar-refractivity contribution in [2.45, 2.75) is 19.4 Å². The molecule has 1 aromatic carbocycles. The van der Waals surface area contributed by atoms with Crippen LogP contribution in [0.3, 0.4) is 0 Å². The van der Waals surface area contributed by atoms with Crippen LogP contribution >= 0.6 is 0 Å². The lowest BCUT2D eigenvalue weighted by Crippen LogP contribution is -2.26. The number of amides is 2. The Kier molecular flexibility index (Phi) is 3.45. The second-order valence-corrected chi connectivity index (χ2v) is 4.72. The summed E-state index contributed by atoms with van der Waals surface area (Å²) in [5, 5.41) is 0. The number of methoxy groups -OCH3 is 1. The Morgan fingerprint density at radius 2 is 2.11 bits per heavy atom. The first kappa shape index (κ1) is 12.7. The van der Waals surface area contributed by atoms with Gasteiger partial charge in [0.15, 0.2) is 0 Å². The third-order valence-corrected chi connectivity index (χ3v) is 3.60. The summed E-state index contributed by atoms with van der Waals surface area (Å²) >= 11 is 0. The van der Waals surface area contributed by atoms with Gasteiger partial charge < -0.3 is 14.5 Å². The van der Waals surface area contributed by atoms with Crippen molar-refractivity contribution in [1.29, 1.82) is 0 Å². The van der Waals surface area contributed by atoms with E-state index in [1.807, 2.05) is 20.2 Å². The molecule has 2 amide bonds. The lowest BCUT2D eigenvalue weighted by Gasteiger charge is -2.21. The van der Waals surface area contributed by atoms with E-state index >= 15 is 0 Å². The molecule has 1 saturated heterocycles. The quantitative estimate of drug-likeness (QED) is 0.822. The minimum absolute atomic E-state index is 0.0592. The zero-order chi connectivity index (χ0) is 13.3. The first-order valence-electron chi connectivity index (χ1n) is 6.23. The number of benzene rings is 1. The third kappa shape index (κ3) is 2.03. The van der Waals surface area contributed by atoms with E-state index in [-0.39, 0.29) is 12.1 Å². The van der Waals surface area contributed by atoms with E-state index in [9.17, 15) is 4.79 Å². The normalized spacial score (nSPS) is 19.6. The second kappa shape index (κ2) is 4.88. The molecule has 1 unspecified atom stereocenters. The van der Waals surface area contributed by atoms with Crippen LogP contribution in [0, 0.1) is 0 Å². The van der Waals surface area contributed by atoms with Crippen molar-refractivity contribution < 1.29 is 9.53 Å². The van der Waals surface area contributed by atoms with E-state index in [2.05, 4.69) is 19.1 Å². The lowest BCUT2D eigenvalue weighted by molar-refractivity contribution is 0.201. The van der Waals surface area contributed by atoms with E-state index in [0.717, 1.165) is 17.7 Å². The van der Waals surface area contributed by atoms with Crippen LogP contribution in [0.15, 0.2) is 18.2 Å². The number of likely N-dealkylation sites (N-methyl/N-ethyl adjacent to an activating group) is 2. The molecule has 18 heavy (non-hydrogen) atoms. The number of nitrogens with zero attached hydrogens (tertiary/aromatic N) is 2. The topological polar surface area (TPSA) is 32.8 Å². The fourth-order valence-corrected chi connectivity index (χ4v) is 2.43. The van der Waals surface area contributed by atoms with Gasteiger partial charge in [0, 0.05) is 26.2 Å². The maximum atomic E-state index is 11.9. The zero-order valence-corrected chi connectivity index (χ0v) is 11.4. The molecule has 0 radical (unpaired) electrons. The molecule has 1 atom stereocenters. The Morgan fingerprint density at radius 1 is 1.39 bits per heavy atom. The number of carbonyl (C=O) groups excluding carboxylic acids is 1. The predicted molar refractivity (Wildman–Crippen MR) is 70.9 cm³/mol. The molecule has 1 aromatic rings. The molecule has 0 N–H and O–H groups in total. The highest BCUT2D eigenvalue weighted by Gasteiger charge is 2.34. The van der Waals surface area contributed by atoms with E-state index in [1.54, 1.807) is 16.9 Å². The van der Waals surface area contributed by atoms with Crippen LogP contribution < -0.4 is 4.74 Å². The van der Waals surface area contributed by atoms with Crippen LogP contribution in [0.25, 0.3) is 0 Å². The second-order valence-electron chi connectivity index (χ2n) is 4.72. The Labute approximate surface area is 108 Å². The molecule has 4 nitrogen and oxygen atoms in total. The van der Waals surface area contributed by atoms with Crippen molar-refractivity contribution in [2.24, 2.45) is 0 Å². The van der Waals surface area contributed by atoms with Gasteiger partial charge in [-0.1, -0.05) is 13.0 Å². The summed E-state index contributed by atoms with van der Waals surface area (Å²) in [5.74, 6) is 0.854. The van der Waals surface area contributed by atoms with Crippen molar-refractivity contribution >= 4 is 6.03 Å². The molecular weight excluding hydrogens is 228 g/mol. The molecule has 0 spiro atoms. The van der Waals surface area contributed by atoms with Crippen molar-refractivity contribution in [3.63, 3.8) is 0 Å². The van der Waals surface area contributed by atoms with E-state index in [4.69, 9.17) is 4.74 Å². The molecule has 0 saturated carbocycles. The van der Waals surface area contributed by atoms with Crippen LogP contribution in [0.5, 0.6) is 5.75 Å². The molecule has 0 bridgehead atoms. The average Bonchev–Trinajstić information content (AvgIpc) is 2.65. The summed E-state index contributed by atoms with van der Waals surface area (Å²) in [6, 6.07) is 6.34. The van der Waals surface area contributed by atoms with Gasteiger partial charge in [-0.2, -0.15) is 0 Å². The fourth-order valence-electron chi connectivity index (χ4n) is 2.43. The van der Waals surface area contributed by atoms with E-state index < -0.39 is 0 Å². The molecule has 98 valence electrons. The molecule has 1 aliphatic heterocycles. The highest BCUT2D eigenvalue weighted by atomic mass is 16.5. The van der Waals surface area contributed by atoms with Crippen molar-refractivity contribution in [3.05, 3.63) is 29.3 Å². The van der Waals surface area contributed by atoms with Gasteiger partial charge in [0.1, 0.15) is 5.75 Å². The maximum absolute atomic E-state index is 11.9. The Hall–Kier alpha value is -1.71. The largest absolute Gasteiger partial charge is 0.496 e. The standard InChI is InChI=1S/C14H20N2O2/c1-5-10-6-7-13(18-4)11(8-10)12-9-15(2)14(17)16(12)3/h6-8,12H,5,9H2,1-4H3. The van der Waals surface area contributed by atoms with Gasteiger partial charge >= 0.3 is 6.03 Å². The van der Waals surface area contributed by atoms with Gasteiger partial charge in [-0.3, -0.25) is 0 Å². The molecule has 0 aliphatic carbocycles. The molecule has 1 heterocycles. The smallest absolute Gasteiger partial charge is 0.320 e. The summed E-state index contributed by atoms with van der Waals surface area (Å²) in [6.45, 7) is 2.83. The molecule has 0 aromatic heterocycles. The number of aryl methyl sites for hydroxylation is 1. The number of carbonyl (C=O) groups is 1. The SMILES string of the molecule is CCc1ccc(OC)c(C2CN(C)C(=O)N2C)c1. The number of urea groups is 1. The summed E-state index contributed by atoms with van der Waals surface area (Å²) < 4.78 is 5.42. The maximum Gasteiger partial charge on any atom is 0.320 e. The summed E-state index contributed by atoms with van der Waals surface area (Å²) in [7, 11) is 5.34. The van der Waals surface area contributed by atoms with Crippen molar-refractivity contribution in [1.82, 2.24) is 9.80 Å². The summed E-state index contributed by atoms with van der Waals surface area (Å²) in [6.07, 6.45) is 0.983. The minimum Gasteiger partial charge on any atom is -0.496 e. The van der Waals surface area contributed by atoms with Crippen LogP contribution in [0.2, 0.25) is 0 Å². The van der Waals surface area contributed by atoms with Gasteiger partial charge in [0.05, 0.1) is 13.2 Å². The van der Waals surface area contributed by atoms with Gasteiger partial charge in [-0.15, -0.1) is 0 Å². The highest BCUT2D eigenvalue weighted by Crippen LogP contribution is 2.34. The predicted octanol–water partition coefficient (Wildman–Crippen LogP) is 2.30. The number of hydrogen-bond donors (Lipinski definition) is 0. The lowest BCUT2D eigenvalue weighted by atomic mass is 10.0. The zero-order valence-electron chi connectivity index (χ0n) is 11.4. The minimum atomic E-state index is 0.0592. The summed E-state index contributed by atoms with van der Waals surface area (Å²) in [5.41, 5.74) is 2.36. The molecule has 2 rings (SSSR count). The molecular formula is C14H20N2O2. The van der Waals surface area contributed by atoms with Gasteiger partial charge in [0.25, 0.3) is 0 Å². The Balaban J connectivity index is 2.40. The van der Waals surface area contributed by atoms with Crippen molar-refractivity contribution in [2.75, 3.05) is 27.7 Å². The first-order chi connectivity index (χ1) is 8.58. The number of ether oxygens (including phenoxy) is 1. The Morgan fingerprint density at radius 3 is 2.61 bits per heavy atom. The van der Waals surface area contributed by atoms with Crippen LogP contribution in [0.4, 0.5) is 4.79 Å². The van der Waals surface area contributed by atoms with Crippen molar-refractivity contribution in [3.8, 4) is 5.75 Å². The van der Waals surface area contributed by atoms with Gasteiger partial charge in [-0.05, 0) is 24.1 Å². The molecule has 4 heteroatoms. The molecule has 1 aliphatic rings.